The predicted octanol–water partition coefficient (Wildman–Crippen LogP) is 3.08. The summed E-state index contributed by atoms with van der Waals surface area (Å²) >= 11 is 3.64. The fraction of sp³-hybridized carbons (Fsp3) is 0.538. The zero-order valence-corrected chi connectivity index (χ0v) is 11.5. The maximum atomic E-state index is 6.14. The molecular formula is C13H19BrN2. The second-order valence-electron chi connectivity index (χ2n) is 5.10. The van der Waals surface area contributed by atoms with Crippen molar-refractivity contribution in [3.8, 4) is 0 Å². The van der Waals surface area contributed by atoms with Gasteiger partial charge < -0.3 is 10.6 Å². The molecule has 0 radical (unpaired) electrons. The Morgan fingerprint density at radius 2 is 1.94 bits per heavy atom. The lowest BCUT2D eigenvalue weighted by molar-refractivity contribution is 0.364. The lowest BCUT2D eigenvalue weighted by atomic mass is 9.91. The van der Waals surface area contributed by atoms with Gasteiger partial charge in [-0.25, -0.2) is 0 Å². The van der Waals surface area contributed by atoms with Crippen LogP contribution in [0.25, 0.3) is 0 Å². The first-order valence-corrected chi connectivity index (χ1v) is 6.57. The molecule has 0 unspecified atom stereocenters. The topological polar surface area (TPSA) is 29.3 Å². The first-order chi connectivity index (χ1) is 7.48. The monoisotopic (exact) mass is 282 g/mol. The van der Waals surface area contributed by atoms with Crippen LogP contribution in [-0.2, 0) is 0 Å². The van der Waals surface area contributed by atoms with Crippen molar-refractivity contribution in [1.82, 2.24) is 0 Å². The predicted molar refractivity (Wildman–Crippen MR) is 72.9 cm³/mol. The Bertz CT molecular complexity index is 378. The third-order valence-electron chi connectivity index (χ3n) is 3.35. The normalized spacial score (nSPS) is 19.9. The van der Waals surface area contributed by atoms with E-state index >= 15 is 0 Å². The van der Waals surface area contributed by atoms with E-state index in [4.69, 9.17) is 5.73 Å². The van der Waals surface area contributed by atoms with E-state index in [-0.39, 0.29) is 5.54 Å². The summed E-state index contributed by atoms with van der Waals surface area (Å²) in [7, 11) is 0. The highest BCUT2D eigenvalue weighted by Gasteiger charge is 2.26. The van der Waals surface area contributed by atoms with Crippen LogP contribution in [0.1, 0.15) is 25.3 Å². The molecule has 3 heteroatoms. The molecule has 1 fully saturated rings. The Morgan fingerprint density at radius 3 is 2.50 bits per heavy atom. The van der Waals surface area contributed by atoms with Gasteiger partial charge in [-0.05, 0) is 60.3 Å². The molecule has 0 amide bonds. The molecule has 2 N–H and O–H groups in total. The number of hydrogen-bond acceptors (Lipinski definition) is 2. The molecular weight excluding hydrogens is 264 g/mol. The van der Waals surface area contributed by atoms with Crippen LogP contribution >= 0.6 is 15.9 Å². The standard InChI is InChI=1S/C13H19BrN2/c1-10-3-4-12(11(14)9-10)16-7-5-13(2,15)6-8-16/h3-4,9H,5-8,15H2,1-2H3. The van der Waals surface area contributed by atoms with E-state index in [2.05, 4.69) is 52.9 Å². The highest BCUT2D eigenvalue weighted by Crippen LogP contribution is 2.31. The van der Waals surface area contributed by atoms with Crippen LogP contribution in [0.5, 0.6) is 0 Å². The van der Waals surface area contributed by atoms with E-state index in [1.54, 1.807) is 0 Å². The number of anilines is 1. The van der Waals surface area contributed by atoms with Gasteiger partial charge in [0.15, 0.2) is 0 Å². The quantitative estimate of drug-likeness (QED) is 0.858. The third kappa shape index (κ3) is 2.58. The van der Waals surface area contributed by atoms with Crippen molar-refractivity contribution < 1.29 is 0 Å². The second kappa shape index (κ2) is 4.38. The first-order valence-electron chi connectivity index (χ1n) is 5.78. The minimum Gasteiger partial charge on any atom is -0.370 e. The van der Waals surface area contributed by atoms with E-state index in [0.717, 1.165) is 25.9 Å². The molecule has 1 aliphatic heterocycles. The van der Waals surface area contributed by atoms with Crippen molar-refractivity contribution >= 4 is 21.6 Å². The van der Waals surface area contributed by atoms with Crippen LogP contribution in [0.4, 0.5) is 5.69 Å². The Balaban J connectivity index is 2.14. The molecule has 0 atom stereocenters. The summed E-state index contributed by atoms with van der Waals surface area (Å²) in [4.78, 5) is 2.41. The smallest absolute Gasteiger partial charge is 0.0510 e. The highest BCUT2D eigenvalue weighted by molar-refractivity contribution is 9.10. The number of rotatable bonds is 1. The van der Waals surface area contributed by atoms with Gasteiger partial charge in [-0.3, -0.25) is 0 Å². The van der Waals surface area contributed by atoms with Crippen LogP contribution in [-0.4, -0.2) is 18.6 Å². The van der Waals surface area contributed by atoms with E-state index in [9.17, 15) is 0 Å². The third-order valence-corrected chi connectivity index (χ3v) is 3.98. The maximum Gasteiger partial charge on any atom is 0.0510 e. The van der Waals surface area contributed by atoms with Crippen molar-refractivity contribution in [3.05, 3.63) is 28.2 Å². The minimum absolute atomic E-state index is 0.0215. The summed E-state index contributed by atoms with van der Waals surface area (Å²) in [6.45, 7) is 6.36. The molecule has 1 aromatic carbocycles. The van der Waals surface area contributed by atoms with E-state index in [1.165, 1.54) is 15.7 Å². The number of benzene rings is 1. The summed E-state index contributed by atoms with van der Waals surface area (Å²) in [5.74, 6) is 0. The average Bonchev–Trinajstić information content (AvgIpc) is 2.19. The molecule has 0 saturated carbocycles. The van der Waals surface area contributed by atoms with Crippen molar-refractivity contribution in [1.29, 1.82) is 0 Å². The van der Waals surface area contributed by atoms with Crippen LogP contribution in [0, 0.1) is 6.92 Å². The van der Waals surface area contributed by atoms with Crippen LogP contribution < -0.4 is 10.6 Å². The lowest BCUT2D eigenvalue weighted by Crippen LogP contribution is -2.48. The summed E-state index contributed by atoms with van der Waals surface area (Å²) in [6, 6.07) is 6.53. The first kappa shape index (κ1) is 11.9. The zero-order valence-electron chi connectivity index (χ0n) is 9.96. The van der Waals surface area contributed by atoms with Gasteiger partial charge in [0.25, 0.3) is 0 Å². The van der Waals surface area contributed by atoms with E-state index in [1.807, 2.05) is 0 Å². The lowest BCUT2D eigenvalue weighted by Gasteiger charge is -2.38. The Labute approximate surface area is 106 Å². The number of aryl methyl sites for hydroxylation is 1. The molecule has 0 aliphatic carbocycles. The number of nitrogens with two attached hydrogens (primary N) is 1. The maximum absolute atomic E-state index is 6.14. The highest BCUT2D eigenvalue weighted by atomic mass is 79.9. The summed E-state index contributed by atoms with van der Waals surface area (Å²) < 4.78 is 1.19. The van der Waals surface area contributed by atoms with Gasteiger partial charge in [-0.2, -0.15) is 0 Å². The Kier molecular flexibility index (Phi) is 3.27. The van der Waals surface area contributed by atoms with Gasteiger partial charge in [0.1, 0.15) is 0 Å². The van der Waals surface area contributed by atoms with Crippen LogP contribution in [0.15, 0.2) is 22.7 Å². The summed E-state index contributed by atoms with van der Waals surface area (Å²) in [5, 5.41) is 0. The van der Waals surface area contributed by atoms with Crippen molar-refractivity contribution in [2.75, 3.05) is 18.0 Å². The largest absolute Gasteiger partial charge is 0.370 e. The van der Waals surface area contributed by atoms with E-state index in [0.29, 0.717) is 0 Å². The average molecular weight is 283 g/mol. The van der Waals surface area contributed by atoms with Crippen LogP contribution in [0.3, 0.4) is 0 Å². The molecule has 1 saturated heterocycles. The van der Waals surface area contributed by atoms with E-state index < -0.39 is 0 Å². The van der Waals surface area contributed by atoms with Crippen molar-refractivity contribution in [2.45, 2.75) is 32.2 Å². The molecule has 0 spiro atoms. The van der Waals surface area contributed by atoms with Crippen LogP contribution in [0.2, 0.25) is 0 Å². The zero-order chi connectivity index (χ0) is 11.8. The molecule has 2 rings (SSSR count). The number of nitrogens with zero attached hydrogens (tertiary/aromatic N) is 1. The summed E-state index contributed by atoms with van der Waals surface area (Å²) in [6.07, 6.45) is 2.13. The Hall–Kier alpha value is -0.540. The minimum atomic E-state index is 0.0215. The molecule has 88 valence electrons. The van der Waals surface area contributed by atoms with Gasteiger partial charge in [0, 0.05) is 23.1 Å². The fourth-order valence-electron chi connectivity index (χ4n) is 2.13. The van der Waals surface area contributed by atoms with Gasteiger partial charge in [0.2, 0.25) is 0 Å². The summed E-state index contributed by atoms with van der Waals surface area (Å²) in [5.41, 5.74) is 8.74. The second-order valence-corrected chi connectivity index (χ2v) is 5.95. The van der Waals surface area contributed by atoms with Gasteiger partial charge >= 0.3 is 0 Å². The molecule has 0 bridgehead atoms. The van der Waals surface area contributed by atoms with Gasteiger partial charge in [0.05, 0.1) is 5.69 Å². The molecule has 0 aromatic heterocycles. The van der Waals surface area contributed by atoms with Crippen molar-refractivity contribution in [2.24, 2.45) is 5.73 Å². The molecule has 1 aromatic rings. The molecule has 2 nitrogen and oxygen atoms in total. The molecule has 1 aliphatic rings. The Morgan fingerprint density at radius 1 is 1.31 bits per heavy atom. The number of halogens is 1. The van der Waals surface area contributed by atoms with Crippen molar-refractivity contribution in [3.63, 3.8) is 0 Å². The van der Waals surface area contributed by atoms with Gasteiger partial charge in [-0.15, -0.1) is 0 Å². The molecule has 1 heterocycles. The molecule has 16 heavy (non-hydrogen) atoms. The SMILES string of the molecule is Cc1ccc(N2CCC(C)(N)CC2)c(Br)c1. The number of hydrogen-bond donors (Lipinski definition) is 1. The number of piperidine rings is 1. The fourth-order valence-corrected chi connectivity index (χ4v) is 2.87. The van der Waals surface area contributed by atoms with Gasteiger partial charge in [-0.1, -0.05) is 6.07 Å².